The maximum atomic E-state index is 12.7. The summed E-state index contributed by atoms with van der Waals surface area (Å²) in [6, 6.07) is 14.8. The standard InChI is InChI=1S/C20H23BrN2O3S/c1-16-2-4-17(5-3-16)6-11-20(24)22-12-14-23(15-13-22)27(25,26)19-9-7-18(21)8-10-19/h2-5,7-10H,6,11-15H2,1H3. The number of carbonyl (C=O) groups is 1. The van der Waals surface area contributed by atoms with Crippen LogP contribution < -0.4 is 0 Å². The first-order valence-corrected chi connectivity index (χ1v) is 11.2. The maximum absolute atomic E-state index is 12.7. The van der Waals surface area contributed by atoms with Crippen LogP contribution in [-0.4, -0.2) is 49.7 Å². The molecule has 27 heavy (non-hydrogen) atoms. The normalized spacial score (nSPS) is 15.7. The van der Waals surface area contributed by atoms with Gasteiger partial charge in [0.25, 0.3) is 0 Å². The molecule has 0 N–H and O–H groups in total. The Labute approximate surface area is 169 Å². The Bertz CT molecular complexity index is 888. The summed E-state index contributed by atoms with van der Waals surface area (Å²) >= 11 is 3.31. The predicted octanol–water partition coefficient (Wildman–Crippen LogP) is 3.22. The fourth-order valence-corrected chi connectivity index (χ4v) is 4.78. The number of nitrogens with zero attached hydrogens (tertiary/aromatic N) is 2. The molecule has 1 aliphatic rings. The molecule has 0 unspecified atom stereocenters. The molecule has 1 amide bonds. The smallest absolute Gasteiger partial charge is 0.243 e. The molecule has 5 nitrogen and oxygen atoms in total. The van der Waals surface area contributed by atoms with E-state index in [1.807, 2.05) is 31.2 Å². The Morgan fingerprint density at radius 2 is 1.56 bits per heavy atom. The molecule has 144 valence electrons. The highest BCUT2D eigenvalue weighted by molar-refractivity contribution is 9.10. The monoisotopic (exact) mass is 450 g/mol. The summed E-state index contributed by atoms with van der Waals surface area (Å²) < 4.78 is 27.7. The van der Waals surface area contributed by atoms with Crippen molar-refractivity contribution in [2.24, 2.45) is 0 Å². The molecule has 0 spiro atoms. The van der Waals surface area contributed by atoms with Crippen LogP contribution in [0.3, 0.4) is 0 Å². The van der Waals surface area contributed by atoms with Gasteiger partial charge in [0.15, 0.2) is 0 Å². The quantitative estimate of drug-likeness (QED) is 0.702. The lowest BCUT2D eigenvalue weighted by Gasteiger charge is -2.34. The Morgan fingerprint density at radius 3 is 2.15 bits per heavy atom. The molecule has 0 atom stereocenters. The molecule has 0 radical (unpaired) electrons. The molecule has 2 aromatic rings. The van der Waals surface area contributed by atoms with Crippen molar-refractivity contribution in [3.05, 3.63) is 64.1 Å². The third-order valence-electron chi connectivity index (χ3n) is 4.79. The zero-order valence-corrected chi connectivity index (χ0v) is 17.7. The highest BCUT2D eigenvalue weighted by atomic mass is 79.9. The van der Waals surface area contributed by atoms with Gasteiger partial charge in [-0.25, -0.2) is 8.42 Å². The van der Waals surface area contributed by atoms with E-state index in [-0.39, 0.29) is 10.8 Å². The zero-order valence-electron chi connectivity index (χ0n) is 15.3. The number of amides is 1. The van der Waals surface area contributed by atoms with Crippen molar-refractivity contribution in [1.29, 1.82) is 0 Å². The van der Waals surface area contributed by atoms with Crippen molar-refractivity contribution < 1.29 is 13.2 Å². The zero-order chi connectivity index (χ0) is 19.4. The summed E-state index contributed by atoms with van der Waals surface area (Å²) in [5.74, 6) is 0.0799. The third kappa shape index (κ3) is 4.97. The molecular weight excluding hydrogens is 428 g/mol. The van der Waals surface area contributed by atoms with Gasteiger partial charge in [0.05, 0.1) is 4.90 Å². The van der Waals surface area contributed by atoms with Crippen LogP contribution in [0.5, 0.6) is 0 Å². The molecule has 7 heteroatoms. The molecule has 1 heterocycles. The molecule has 1 fully saturated rings. The van der Waals surface area contributed by atoms with Crippen LogP contribution in [0.4, 0.5) is 0 Å². The van der Waals surface area contributed by atoms with E-state index in [0.717, 1.165) is 10.0 Å². The van der Waals surface area contributed by atoms with Crippen molar-refractivity contribution in [3.8, 4) is 0 Å². The highest BCUT2D eigenvalue weighted by Gasteiger charge is 2.29. The molecular formula is C20H23BrN2O3S. The summed E-state index contributed by atoms with van der Waals surface area (Å²) in [7, 11) is -3.51. The van der Waals surface area contributed by atoms with Gasteiger partial charge in [0.2, 0.25) is 15.9 Å². The van der Waals surface area contributed by atoms with E-state index < -0.39 is 10.0 Å². The Hall–Kier alpha value is -1.70. The molecule has 3 rings (SSSR count). The van der Waals surface area contributed by atoms with Gasteiger partial charge < -0.3 is 4.90 Å². The van der Waals surface area contributed by atoms with E-state index in [9.17, 15) is 13.2 Å². The topological polar surface area (TPSA) is 57.7 Å². The summed E-state index contributed by atoms with van der Waals surface area (Å²) in [5.41, 5.74) is 2.35. The van der Waals surface area contributed by atoms with Crippen LogP contribution in [0.1, 0.15) is 17.5 Å². The van der Waals surface area contributed by atoms with Crippen LogP contribution >= 0.6 is 15.9 Å². The van der Waals surface area contributed by atoms with E-state index in [1.165, 1.54) is 9.87 Å². The minimum absolute atomic E-state index is 0.0799. The largest absolute Gasteiger partial charge is 0.340 e. The maximum Gasteiger partial charge on any atom is 0.243 e. The number of piperazine rings is 1. The van der Waals surface area contributed by atoms with Crippen LogP contribution in [0.25, 0.3) is 0 Å². The molecule has 0 bridgehead atoms. The first-order chi connectivity index (χ1) is 12.9. The van der Waals surface area contributed by atoms with E-state index in [4.69, 9.17) is 0 Å². The number of hydrogen-bond donors (Lipinski definition) is 0. The number of aryl methyl sites for hydroxylation is 2. The van der Waals surface area contributed by atoms with Crippen molar-refractivity contribution in [3.63, 3.8) is 0 Å². The van der Waals surface area contributed by atoms with Crippen LogP contribution in [0, 0.1) is 6.92 Å². The summed E-state index contributed by atoms with van der Waals surface area (Å²) in [5, 5.41) is 0. The Balaban J connectivity index is 1.54. The number of carbonyl (C=O) groups excluding carboxylic acids is 1. The summed E-state index contributed by atoms with van der Waals surface area (Å²) in [6.07, 6.45) is 1.15. The van der Waals surface area contributed by atoms with Crippen molar-refractivity contribution >= 4 is 31.9 Å². The van der Waals surface area contributed by atoms with E-state index in [0.29, 0.717) is 39.0 Å². The van der Waals surface area contributed by atoms with Gasteiger partial charge >= 0.3 is 0 Å². The fourth-order valence-electron chi connectivity index (χ4n) is 3.10. The van der Waals surface area contributed by atoms with Gasteiger partial charge in [-0.15, -0.1) is 0 Å². The average Bonchev–Trinajstić information content (AvgIpc) is 2.68. The summed E-state index contributed by atoms with van der Waals surface area (Å²) in [6.45, 7) is 3.56. The van der Waals surface area contributed by atoms with Gasteiger partial charge in [-0.3, -0.25) is 4.79 Å². The SMILES string of the molecule is Cc1ccc(CCC(=O)N2CCN(S(=O)(=O)c3ccc(Br)cc3)CC2)cc1. The number of halogens is 1. The molecule has 1 saturated heterocycles. The minimum atomic E-state index is -3.51. The first-order valence-electron chi connectivity index (χ1n) is 8.95. The molecule has 1 aliphatic heterocycles. The van der Waals surface area contributed by atoms with Crippen molar-refractivity contribution in [2.75, 3.05) is 26.2 Å². The average molecular weight is 451 g/mol. The fraction of sp³-hybridized carbons (Fsp3) is 0.350. The lowest BCUT2D eigenvalue weighted by Crippen LogP contribution is -2.50. The van der Waals surface area contributed by atoms with E-state index in [1.54, 1.807) is 29.2 Å². The molecule has 0 aromatic heterocycles. The van der Waals surface area contributed by atoms with Gasteiger partial charge in [-0.05, 0) is 43.2 Å². The van der Waals surface area contributed by atoms with Crippen LogP contribution in [0.2, 0.25) is 0 Å². The van der Waals surface area contributed by atoms with Crippen molar-refractivity contribution in [1.82, 2.24) is 9.21 Å². The number of benzene rings is 2. The molecule has 0 aliphatic carbocycles. The van der Waals surface area contributed by atoms with E-state index in [2.05, 4.69) is 15.9 Å². The second kappa shape index (κ2) is 8.54. The lowest BCUT2D eigenvalue weighted by molar-refractivity contribution is -0.132. The number of rotatable bonds is 5. The molecule has 0 saturated carbocycles. The second-order valence-electron chi connectivity index (χ2n) is 6.72. The van der Waals surface area contributed by atoms with Gasteiger partial charge in [0.1, 0.15) is 0 Å². The lowest BCUT2D eigenvalue weighted by atomic mass is 10.1. The number of hydrogen-bond acceptors (Lipinski definition) is 3. The van der Waals surface area contributed by atoms with Crippen LogP contribution in [-0.2, 0) is 21.2 Å². The summed E-state index contributed by atoms with van der Waals surface area (Å²) in [4.78, 5) is 14.5. The third-order valence-corrected chi connectivity index (χ3v) is 7.23. The number of sulfonamides is 1. The van der Waals surface area contributed by atoms with Gasteiger partial charge in [0, 0.05) is 37.1 Å². The highest BCUT2D eigenvalue weighted by Crippen LogP contribution is 2.20. The molecule has 2 aromatic carbocycles. The van der Waals surface area contributed by atoms with Gasteiger partial charge in [-0.1, -0.05) is 45.8 Å². The Morgan fingerprint density at radius 1 is 0.963 bits per heavy atom. The Kier molecular flexibility index (Phi) is 6.34. The van der Waals surface area contributed by atoms with Gasteiger partial charge in [-0.2, -0.15) is 4.31 Å². The second-order valence-corrected chi connectivity index (χ2v) is 9.58. The van der Waals surface area contributed by atoms with Crippen LogP contribution in [0.15, 0.2) is 57.9 Å². The predicted molar refractivity (Wildman–Crippen MR) is 109 cm³/mol. The van der Waals surface area contributed by atoms with Crippen molar-refractivity contribution in [2.45, 2.75) is 24.7 Å². The first kappa shape index (κ1) is 20.0. The minimum Gasteiger partial charge on any atom is -0.340 e. The van der Waals surface area contributed by atoms with E-state index >= 15 is 0 Å².